The molecule has 98 valence electrons. The molecule has 0 N–H and O–H groups in total. The van der Waals surface area contributed by atoms with Gasteiger partial charge in [-0.1, -0.05) is 12.1 Å². The molecule has 20 heavy (non-hydrogen) atoms. The largest absolute Gasteiger partial charge is 0.277 e. The fourth-order valence-electron chi connectivity index (χ4n) is 2.07. The zero-order valence-corrected chi connectivity index (χ0v) is 10.2. The Morgan fingerprint density at radius 3 is 2.80 bits per heavy atom. The average Bonchev–Trinajstić information content (AvgIpc) is 2.78. The van der Waals surface area contributed by atoms with E-state index in [0.717, 1.165) is 12.3 Å². The van der Waals surface area contributed by atoms with E-state index in [-0.39, 0.29) is 12.2 Å². The van der Waals surface area contributed by atoms with Crippen LogP contribution in [0.1, 0.15) is 5.82 Å². The van der Waals surface area contributed by atoms with Gasteiger partial charge in [-0.05, 0) is 12.1 Å². The van der Waals surface area contributed by atoms with Crippen molar-refractivity contribution in [1.82, 2.24) is 14.5 Å². The van der Waals surface area contributed by atoms with Crippen molar-refractivity contribution in [3.05, 3.63) is 54.0 Å². The van der Waals surface area contributed by atoms with Crippen molar-refractivity contribution >= 4 is 11.0 Å². The molecule has 0 saturated heterocycles. The van der Waals surface area contributed by atoms with E-state index < -0.39 is 11.6 Å². The average molecular weight is 270 g/mol. The lowest BCUT2D eigenvalue weighted by atomic mass is 10.3. The summed E-state index contributed by atoms with van der Waals surface area (Å²) in [6, 6.07) is 9.81. The molecule has 0 fully saturated rings. The van der Waals surface area contributed by atoms with Gasteiger partial charge in [0.1, 0.15) is 11.6 Å². The highest BCUT2D eigenvalue weighted by Crippen LogP contribution is 2.22. The fraction of sp³-hybridized carbons (Fsp3) is 0.0714. The van der Waals surface area contributed by atoms with E-state index in [9.17, 15) is 8.78 Å². The number of halogens is 2. The fourth-order valence-corrected chi connectivity index (χ4v) is 2.07. The maximum absolute atomic E-state index is 13.9. The maximum atomic E-state index is 13.9. The van der Waals surface area contributed by atoms with Gasteiger partial charge < -0.3 is 0 Å². The number of fused-ring (bicyclic) bond motifs is 1. The predicted molar refractivity (Wildman–Crippen MR) is 68.1 cm³/mol. The van der Waals surface area contributed by atoms with Crippen LogP contribution in [0.3, 0.4) is 0 Å². The minimum atomic E-state index is -0.799. The van der Waals surface area contributed by atoms with E-state index in [1.807, 2.05) is 6.07 Å². The molecule has 0 unspecified atom stereocenters. The van der Waals surface area contributed by atoms with Gasteiger partial charge in [0, 0.05) is 6.07 Å². The molecule has 0 aliphatic rings. The molecule has 0 spiro atoms. The molecule has 0 atom stereocenters. The SMILES string of the molecule is N#CCc1nc2ccccc2n1-c1ncc(F)cc1F. The molecule has 6 heteroatoms. The summed E-state index contributed by atoms with van der Waals surface area (Å²) in [4.78, 5) is 8.06. The van der Waals surface area contributed by atoms with Gasteiger partial charge >= 0.3 is 0 Å². The van der Waals surface area contributed by atoms with Crippen LogP contribution in [0.2, 0.25) is 0 Å². The quantitative estimate of drug-likeness (QED) is 0.719. The lowest BCUT2D eigenvalue weighted by Crippen LogP contribution is -2.06. The number of hydrogen-bond donors (Lipinski definition) is 0. The summed E-state index contributed by atoms with van der Waals surface area (Å²) < 4.78 is 28.3. The molecule has 3 rings (SSSR count). The molecule has 0 aliphatic heterocycles. The summed E-state index contributed by atoms with van der Waals surface area (Å²) in [5.41, 5.74) is 1.25. The van der Waals surface area contributed by atoms with Crippen molar-refractivity contribution in [2.45, 2.75) is 6.42 Å². The van der Waals surface area contributed by atoms with Crippen molar-refractivity contribution in [3.8, 4) is 11.9 Å². The Bertz CT molecular complexity index is 833. The summed E-state index contributed by atoms with van der Waals surface area (Å²) in [7, 11) is 0. The number of nitrogens with zero attached hydrogens (tertiary/aromatic N) is 4. The molecule has 0 amide bonds. The Balaban J connectivity index is 2.33. The third kappa shape index (κ3) is 1.89. The van der Waals surface area contributed by atoms with Crippen LogP contribution in [0.4, 0.5) is 8.78 Å². The van der Waals surface area contributed by atoms with Crippen LogP contribution in [0.15, 0.2) is 36.5 Å². The molecule has 1 aromatic carbocycles. The molecule has 0 bridgehead atoms. The third-order valence-corrected chi connectivity index (χ3v) is 2.87. The van der Waals surface area contributed by atoms with Crippen molar-refractivity contribution in [2.75, 3.05) is 0 Å². The van der Waals surface area contributed by atoms with Gasteiger partial charge in [-0.15, -0.1) is 0 Å². The van der Waals surface area contributed by atoms with Crippen molar-refractivity contribution in [1.29, 1.82) is 5.26 Å². The number of pyridine rings is 1. The van der Waals surface area contributed by atoms with Crippen LogP contribution >= 0.6 is 0 Å². The van der Waals surface area contributed by atoms with Crippen LogP contribution < -0.4 is 0 Å². The van der Waals surface area contributed by atoms with Crippen molar-refractivity contribution in [2.24, 2.45) is 0 Å². The molecule has 0 radical (unpaired) electrons. The lowest BCUT2D eigenvalue weighted by Gasteiger charge is -2.07. The van der Waals surface area contributed by atoms with Crippen LogP contribution in [0.5, 0.6) is 0 Å². The van der Waals surface area contributed by atoms with Gasteiger partial charge in [-0.3, -0.25) is 4.57 Å². The van der Waals surface area contributed by atoms with E-state index in [4.69, 9.17) is 5.26 Å². The second-order valence-electron chi connectivity index (χ2n) is 4.15. The standard InChI is InChI=1S/C14H8F2N4/c15-9-7-10(16)14(18-8-9)20-12-4-2-1-3-11(12)19-13(20)5-6-17/h1-4,7-8H,5H2. The van der Waals surface area contributed by atoms with Gasteiger partial charge in [-0.25, -0.2) is 18.7 Å². The van der Waals surface area contributed by atoms with Crippen molar-refractivity contribution in [3.63, 3.8) is 0 Å². The first kappa shape index (κ1) is 12.2. The van der Waals surface area contributed by atoms with Gasteiger partial charge in [0.05, 0.1) is 29.7 Å². The summed E-state index contributed by atoms with van der Waals surface area (Å²) >= 11 is 0. The Morgan fingerprint density at radius 2 is 2.05 bits per heavy atom. The van der Waals surface area contributed by atoms with E-state index in [2.05, 4.69) is 9.97 Å². The molecule has 0 aliphatic carbocycles. The van der Waals surface area contributed by atoms with Gasteiger partial charge in [-0.2, -0.15) is 5.26 Å². The minimum Gasteiger partial charge on any atom is -0.277 e. The summed E-state index contributed by atoms with van der Waals surface area (Å²) in [5, 5.41) is 8.85. The molecule has 4 nitrogen and oxygen atoms in total. The molecular formula is C14H8F2N4. The Labute approximate surface area is 112 Å². The first-order valence-electron chi connectivity index (χ1n) is 5.85. The molecule has 2 aromatic heterocycles. The monoisotopic (exact) mass is 270 g/mol. The number of rotatable bonds is 2. The second kappa shape index (κ2) is 4.70. The molecule has 2 heterocycles. The van der Waals surface area contributed by atoms with E-state index in [1.165, 1.54) is 4.57 Å². The maximum Gasteiger partial charge on any atom is 0.175 e. The number of benzene rings is 1. The van der Waals surface area contributed by atoms with Gasteiger partial charge in [0.15, 0.2) is 11.6 Å². The van der Waals surface area contributed by atoms with Crippen molar-refractivity contribution < 1.29 is 8.78 Å². The number of hydrogen-bond acceptors (Lipinski definition) is 3. The normalized spacial score (nSPS) is 10.7. The van der Waals surface area contributed by atoms with Crippen LogP contribution in [-0.4, -0.2) is 14.5 Å². The second-order valence-corrected chi connectivity index (χ2v) is 4.15. The summed E-state index contributed by atoms with van der Waals surface area (Å²) in [5.74, 6) is -1.25. The molecule has 3 aromatic rings. The first-order chi connectivity index (χ1) is 9.70. The smallest absolute Gasteiger partial charge is 0.175 e. The summed E-state index contributed by atoms with van der Waals surface area (Å²) in [6.07, 6.45) is 0.941. The number of para-hydroxylation sites is 2. The highest BCUT2D eigenvalue weighted by Gasteiger charge is 2.16. The van der Waals surface area contributed by atoms with Gasteiger partial charge in [0.2, 0.25) is 0 Å². The Morgan fingerprint density at radius 1 is 1.25 bits per heavy atom. The van der Waals surface area contributed by atoms with E-state index in [1.54, 1.807) is 24.3 Å². The molecular weight excluding hydrogens is 262 g/mol. The van der Waals surface area contributed by atoms with Gasteiger partial charge in [0.25, 0.3) is 0 Å². The van der Waals surface area contributed by atoms with Crippen LogP contribution in [0, 0.1) is 23.0 Å². The topological polar surface area (TPSA) is 54.5 Å². The number of imidazole rings is 1. The first-order valence-corrected chi connectivity index (χ1v) is 5.85. The minimum absolute atomic E-state index is 0.00712. The predicted octanol–water partition coefficient (Wildman–Crippen LogP) is 2.76. The third-order valence-electron chi connectivity index (χ3n) is 2.87. The zero-order valence-electron chi connectivity index (χ0n) is 10.2. The van der Waals surface area contributed by atoms with E-state index >= 15 is 0 Å². The Kier molecular flexibility index (Phi) is 2.88. The lowest BCUT2D eigenvalue weighted by molar-refractivity contribution is 0.565. The number of nitriles is 1. The molecule has 0 saturated carbocycles. The number of aromatic nitrogens is 3. The summed E-state index contributed by atoms with van der Waals surface area (Å²) in [6.45, 7) is 0. The highest BCUT2D eigenvalue weighted by atomic mass is 19.1. The zero-order chi connectivity index (χ0) is 14.1. The van der Waals surface area contributed by atoms with Crippen LogP contribution in [0.25, 0.3) is 16.9 Å². The highest BCUT2D eigenvalue weighted by molar-refractivity contribution is 5.78. The van der Waals surface area contributed by atoms with Crippen LogP contribution in [-0.2, 0) is 6.42 Å². The van der Waals surface area contributed by atoms with E-state index in [0.29, 0.717) is 16.9 Å². The Hall–Kier alpha value is -2.81.